The molecule has 0 heterocycles. The van der Waals surface area contributed by atoms with Crippen molar-refractivity contribution in [2.75, 3.05) is 13.2 Å². The Morgan fingerprint density at radius 2 is 1.50 bits per heavy atom. The van der Waals surface area contributed by atoms with E-state index in [-0.39, 0.29) is 6.61 Å². The Morgan fingerprint density at radius 1 is 1.08 bits per heavy atom. The third-order valence-electron chi connectivity index (χ3n) is 1.96. The smallest absolute Gasteiger partial charge is 0.0897 e. The molecule has 1 atom stereocenters. The zero-order chi connectivity index (χ0) is 9.72. The fourth-order valence-electron chi connectivity index (χ4n) is 1.32. The van der Waals surface area contributed by atoms with E-state index >= 15 is 0 Å². The first-order chi connectivity index (χ1) is 5.49. The molecule has 0 unspecified atom stereocenters. The number of nitrogens with zero attached hydrogens (tertiary/aromatic N) is 1. The number of aliphatic hydroxyl groups is 2. The molecule has 0 rings (SSSR count). The molecule has 0 aliphatic carbocycles. The maximum atomic E-state index is 9.23. The fraction of sp³-hybridized carbons (Fsp3) is 1.00. The highest BCUT2D eigenvalue weighted by atomic mass is 16.3. The summed E-state index contributed by atoms with van der Waals surface area (Å²) in [4.78, 5) is 2.15. The van der Waals surface area contributed by atoms with Crippen molar-refractivity contribution in [2.24, 2.45) is 0 Å². The van der Waals surface area contributed by atoms with Crippen LogP contribution in [0.2, 0.25) is 0 Å². The van der Waals surface area contributed by atoms with Gasteiger partial charge < -0.3 is 10.2 Å². The molecular weight excluding hydrogens is 154 g/mol. The summed E-state index contributed by atoms with van der Waals surface area (Å²) in [5.41, 5.74) is 0. The average molecular weight is 175 g/mol. The molecule has 0 saturated carbocycles. The minimum atomic E-state index is -0.616. The van der Waals surface area contributed by atoms with Gasteiger partial charge in [0.25, 0.3) is 0 Å². The van der Waals surface area contributed by atoms with E-state index < -0.39 is 6.10 Å². The van der Waals surface area contributed by atoms with E-state index in [0.29, 0.717) is 18.6 Å². The molecule has 0 aliphatic rings. The Hall–Kier alpha value is -0.120. The van der Waals surface area contributed by atoms with E-state index in [9.17, 15) is 5.11 Å². The van der Waals surface area contributed by atoms with Gasteiger partial charge in [-0.15, -0.1) is 0 Å². The van der Waals surface area contributed by atoms with Crippen molar-refractivity contribution in [3.8, 4) is 0 Å². The van der Waals surface area contributed by atoms with Crippen molar-refractivity contribution < 1.29 is 10.2 Å². The summed E-state index contributed by atoms with van der Waals surface area (Å²) in [6.07, 6.45) is -0.616. The third kappa shape index (κ3) is 4.04. The number of hydrogen-bond acceptors (Lipinski definition) is 3. The second-order valence-corrected chi connectivity index (χ2v) is 3.72. The van der Waals surface area contributed by atoms with Crippen LogP contribution >= 0.6 is 0 Å². The molecule has 0 bridgehead atoms. The van der Waals surface area contributed by atoms with E-state index in [1.165, 1.54) is 0 Å². The lowest BCUT2D eigenvalue weighted by Gasteiger charge is -2.31. The van der Waals surface area contributed by atoms with Crippen LogP contribution in [0.4, 0.5) is 0 Å². The minimum Gasteiger partial charge on any atom is -0.394 e. The van der Waals surface area contributed by atoms with E-state index in [1.54, 1.807) is 0 Å². The normalized spacial score (nSPS) is 14.8. The van der Waals surface area contributed by atoms with Crippen molar-refractivity contribution >= 4 is 0 Å². The van der Waals surface area contributed by atoms with Crippen molar-refractivity contribution in [2.45, 2.75) is 45.9 Å². The highest BCUT2D eigenvalue weighted by Crippen LogP contribution is 2.05. The molecule has 0 saturated heterocycles. The van der Waals surface area contributed by atoms with Gasteiger partial charge in [-0.05, 0) is 27.7 Å². The molecule has 0 radical (unpaired) electrons. The van der Waals surface area contributed by atoms with Crippen LogP contribution in [-0.4, -0.2) is 46.5 Å². The van der Waals surface area contributed by atoms with Crippen LogP contribution in [0.25, 0.3) is 0 Å². The lowest BCUT2D eigenvalue weighted by atomic mass is 10.2. The zero-order valence-electron chi connectivity index (χ0n) is 8.49. The number of hydrogen-bond donors (Lipinski definition) is 2. The van der Waals surface area contributed by atoms with Crippen LogP contribution < -0.4 is 0 Å². The Morgan fingerprint density at radius 3 is 1.75 bits per heavy atom. The second kappa shape index (κ2) is 5.51. The summed E-state index contributed by atoms with van der Waals surface area (Å²) in [7, 11) is 0. The van der Waals surface area contributed by atoms with Gasteiger partial charge in [0.05, 0.1) is 12.7 Å². The largest absolute Gasteiger partial charge is 0.394 e. The Labute approximate surface area is 75.0 Å². The van der Waals surface area contributed by atoms with E-state index in [1.807, 2.05) is 0 Å². The molecule has 0 fully saturated rings. The molecule has 0 aromatic heterocycles. The highest BCUT2D eigenvalue weighted by Gasteiger charge is 2.16. The van der Waals surface area contributed by atoms with Crippen LogP contribution in [0.1, 0.15) is 27.7 Å². The van der Waals surface area contributed by atoms with Gasteiger partial charge in [0.15, 0.2) is 0 Å². The van der Waals surface area contributed by atoms with Gasteiger partial charge in [0.1, 0.15) is 0 Å². The first-order valence-electron chi connectivity index (χ1n) is 4.53. The van der Waals surface area contributed by atoms with Gasteiger partial charge in [0, 0.05) is 18.6 Å². The predicted octanol–water partition coefficient (Wildman–Crippen LogP) is 0.458. The maximum Gasteiger partial charge on any atom is 0.0897 e. The first kappa shape index (κ1) is 11.9. The lowest BCUT2D eigenvalue weighted by molar-refractivity contribution is 0.0375. The lowest BCUT2D eigenvalue weighted by Crippen LogP contribution is -2.43. The summed E-state index contributed by atoms with van der Waals surface area (Å²) >= 11 is 0. The van der Waals surface area contributed by atoms with Crippen molar-refractivity contribution in [3.63, 3.8) is 0 Å². The summed E-state index contributed by atoms with van der Waals surface area (Å²) < 4.78 is 0. The predicted molar refractivity (Wildman–Crippen MR) is 50.1 cm³/mol. The van der Waals surface area contributed by atoms with Crippen molar-refractivity contribution in [3.05, 3.63) is 0 Å². The zero-order valence-corrected chi connectivity index (χ0v) is 8.49. The quantitative estimate of drug-likeness (QED) is 0.638. The maximum absolute atomic E-state index is 9.23. The van der Waals surface area contributed by atoms with Gasteiger partial charge in [-0.1, -0.05) is 0 Å². The molecule has 0 spiro atoms. The molecule has 3 nitrogen and oxygen atoms in total. The molecule has 0 aromatic carbocycles. The van der Waals surface area contributed by atoms with E-state index in [2.05, 4.69) is 32.6 Å². The first-order valence-corrected chi connectivity index (χ1v) is 4.53. The Kier molecular flexibility index (Phi) is 5.46. The van der Waals surface area contributed by atoms with Gasteiger partial charge in [-0.2, -0.15) is 0 Å². The van der Waals surface area contributed by atoms with E-state index in [4.69, 9.17) is 5.11 Å². The summed E-state index contributed by atoms with van der Waals surface area (Å²) in [5, 5.41) is 17.9. The van der Waals surface area contributed by atoms with Gasteiger partial charge in [-0.25, -0.2) is 0 Å². The fourth-order valence-corrected chi connectivity index (χ4v) is 1.32. The van der Waals surface area contributed by atoms with Crippen molar-refractivity contribution in [1.82, 2.24) is 4.90 Å². The van der Waals surface area contributed by atoms with Crippen LogP contribution in [0.5, 0.6) is 0 Å². The molecular formula is C9H21NO2. The van der Waals surface area contributed by atoms with Crippen LogP contribution in [-0.2, 0) is 0 Å². The monoisotopic (exact) mass is 175 g/mol. The van der Waals surface area contributed by atoms with Gasteiger partial charge >= 0.3 is 0 Å². The Bertz CT molecular complexity index is 107. The molecule has 74 valence electrons. The van der Waals surface area contributed by atoms with Crippen LogP contribution in [0.15, 0.2) is 0 Å². The number of rotatable bonds is 5. The average Bonchev–Trinajstić information content (AvgIpc) is 1.98. The molecule has 0 amide bonds. The van der Waals surface area contributed by atoms with Crippen molar-refractivity contribution in [1.29, 1.82) is 0 Å². The second-order valence-electron chi connectivity index (χ2n) is 3.72. The highest BCUT2D eigenvalue weighted by molar-refractivity contribution is 4.70. The van der Waals surface area contributed by atoms with Gasteiger partial charge in [-0.3, -0.25) is 4.90 Å². The molecule has 0 aromatic rings. The molecule has 12 heavy (non-hydrogen) atoms. The Balaban J connectivity index is 3.95. The SMILES string of the molecule is CC(C)N(C[C@@H](O)CO)C(C)C. The minimum absolute atomic E-state index is 0.157. The molecule has 2 N–H and O–H groups in total. The topological polar surface area (TPSA) is 43.7 Å². The summed E-state index contributed by atoms with van der Waals surface area (Å²) in [6.45, 7) is 8.74. The summed E-state index contributed by atoms with van der Waals surface area (Å²) in [6, 6.07) is 0.817. The van der Waals surface area contributed by atoms with Crippen LogP contribution in [0.3, 0.4) is 0 Å². The third-order valence-corrected chi connectivity index (χ3v) is 1.96. The van der Waals surface area contributed by atoms with E-state index in [0.717, 1.165) is 0 Å². The number of aliphatic hydroxyl groups excluding tert-OH is 2. The standard InChI is InChI=1S/C9H21NO2/c1-7(2)10(8(3)4)5-9(12)6-11/h7-9,11-12H,5-6H2,1-4H3/t9-/m1/s1. The molecule has 0 aliphatic heterocycles. The van der Waals surface area contributed by atoms with Gasteiger partial charge in [0.2, 0.25) is 0 Å². The summed E-state index contributed by atoms with van der Waals surface area (Å²) in [5.74, 6) is 0. The molecule has 3 heteroatoms. The van der Waals surface area contributed by atoms with Crippen LogP contribution in [0, 0.1) is 0 Å².